The third-order valence-corrected chi connectivity index (χ3v) is 4.37. The molecule has 0 heterocycles. The molecule has 0 unspecified atom stereocenters. The van der Waals surface area contributed by atoms with E-state index >= 15 is 0 Å². The van der Waals surface area contributed by atoms with Crippen molar-refractivity contribution in [2.75, 3.05) is 6.61 Å². The summed E-state index contributed by atoms with van der Waals surface area (Å²) in [5.74, 6) is -0.767. The van der Waals surface area contributed by atoms with Crippen molar-refractivity contribution in [3.05, 3.63) is 29.8 Å². The van der Waals surface area contributed by atoms with Gasteiger partial charge in [-0.1, -0.05) is 35.3 Å². The number of hydrogen-bond donors (Lipinski definition) is 3. The third kappa shape index (κ3) is 5.28. The number of aliphatic hydroxyl groups excluding tert-OH is 2. The number of aliphatic hydroxyl groups is 2. The predicted octanol–water partition coefficient (Wildman–Crippen LogP) is 0.928. The van der Waals surface area contributed by atoms with E-state index < -0.39 is 38.5 Å². The number of amides is 1. The average Bonchev–Trinajstić information content (AvgIpc) is 2.42. The van der Waals surface area contributed by atoms with Crippen molar-refractivity contribution in [1.82, 2.24) is 5.32 Å². The van der Waals surface area contributed by atoms with Crippen LogP contribution in [-0.2, 0) is 13.8 Å². The number of halogens is 3. The maximum Gasteiger partial charge on any atom is 0.261 e. The highest BCUT2D eigenvalue weighted by Gasteiger charge is 2.24. The van der Waals surface area contributed by atoms with E-state index in [0.29, 0.717) is 0 Å². The molecule has 1 aromatic carbocycles. The number of carbonyl (C=O) groups excluding carboxylic acids is 1. The summed E-state index contributed by atoms with van der Waals surface area (Å²) in [6.07, 6.45) is -1.28. The molecule has 0 saturated carbocycles. The van der Waals surface area contributed by atoms with E-state index in [1.807, 2.05) is 0 Å². The molecular formula is C11H12Cl3NO5S. The molecule has 1 rings (SSSR count). The topological polar surface area (TPSA) is 104 Å². The maximum absolute atomic E-state index is 11.3. The molecule has 0 spiro atoms. The van der Waals surface area contributed by atoms with Crippen LogP contribution in [0.15, 0.2) is 29.2 Å². The average molecular weight is 377 g/mol. The molecule has 2 atom stereocenters. The van der Waals surface area contributed by atoms with Crippen LogP contribution in [0.3, 0.4) is 0 Å². The lowest BCUT2D eigenvalue weighted by atomic mass is 10.0. The summed E-state index contributed by atoms with van der Waals surface area (Å²) in [7, 11) is 1.30. The third-order valence-electron chi connectivity index (χ3n) is 2.61. The molecule has 1 aromatic rings. The van der Waals surface area contributed by atoms with Crippen molar-refractivity contribution in [3.8, 4) is 0 Å². The van der Waals surface area contributed by atoms with Crippen LogP contribution in [-0.4, -0.2) is 42.0 Å². The van der Waals surface area contributed by atoms with Gasteiger partial charge in [-0.15, -0.1) is 0 Å². The lowest BCUT2D eigenvalue weighted by Gasteiger charge is -2.23. The van der Waals surface area contributed by atoms with Crippen molar-refractivity contribution in [1.29, 1.82) is 0 Å². The minimum atomic E-state index is -3.86. The van der Waals surface area contributed by atoms with Crippen LogP contribution in [0.1, 0.15) is 11.7 Å². The molecule has 1 amide bonds. The molecule has 0 saturated heterocycles. The van der Waals surface area contributed by atoms with Crippen LogP contribution < -0.4 is 5.32 Å². The zero-order valence-corrected chi connectivity index (χ0v) is 13.5. The van der Waals surface area contributed by atoms with Crippen LogP contribution >= 0.6 is 33.9 Å². The molecule has 0 fully saturated rings. The minimum absolute atomic E-state index is 0.133. The van der Waals surface area contributed by atoms with E-state index in [1.54, 1.807) is 0 Å². The Labute approximate surface area is 136 Å². The van der Waals surface area contributed by atoms with Crippen LogP contribution in [0, 0.1) is 0 Å². The van der Waals surface area contributed by atoms with Crippen molar-refractivity contribution >= 4 is 48.8 Å². The molecule has 0 radical (unpaired) electrons. The van der Waals surface area contributed by atoms with Crippen molar-refractivity contribution < 1.29 is 23.4 Å². The van der Waals surface area contributed by atoms with Gasteiger partial charge in [0.2, 0.25) is 0 Å². The Morgan fingerprint density at radius 1 is 1.24 bits per heavy atom. The van der Waals surface area contributed by atoms with Crippen LogP contribution in [0.4, 0.5) is 0 Å². The molecular weight excluding hydrogens is 365 g/mol. The van der Waals surface area contributed by atoms with Gasteiger partial charge in [0, 0.05) is 10.7 Å². The van der Waals surface area contributed by atoms with E-state index in [2.05, 4.69) is 5.32 Å². The molecule has 10 heteroatoms. The molecule has 0 aliphatic heterocycles. The second kappa shape index (κ2) is 7.62. The first kappa shape index (κ1) is 18.5. The summed E-state index contributed by atoms with van der Waals surface area (Å²) in [4.78, 5) is 9.87. The SMILES string of the molecule is O=C(N[C@@H](CO)[C@H](O)c1ccc(S(=O)(=O)Cl)cc1)C(Cl)Cl. The van der Waals surface area contributed by atoms with E-state index in [9.17, 15) is 23.4 Å². The minimum Gasteiger partial charge on any atom is -0.394 e. The molecule has 0 aliphatic rings. The first-order valence-electron chi connectivity index (χ1n) is 5.59. The summed E-state index contributed by atoms with van der Waals surface area (Å²) in [6, 6.07) is 3.98. The molecule has 118 valence electrons. The molecule has 0 aromatic heterocycles. The van der Waals surface area contributed by atoms with Crippen LogP contribution in [0.25, 0.3) is 0 Å². The molecule has 3 N–H and O–H groups in total. The van der Waals surface area contributed by atoms with Gasteiger partial charge in [0.15, 0.2) is 4.84 Å². The van der Waals surface area contributed by atoms with Gasteiger partial charge < -0.3 is 15.5 Å². The summed E-state index contributed by atoms with van der Waals surface area (Å²) in [5.41, 5.74) is 0.277. The monoisotopic (exact) mass is 375 g/mol. The van der Waals surface area contributed by atoms with Crippen molar-refractivity contribution in [2.45, 2.75) is 21.9 Å². The summed E-state index contributed by atoms with van der Waals surface area (Å²) in [5, 5.41) is 21.5. The van der Waals surface area contributed by atoms with Gasteiger partial charge in [0.1, 0.15) is 6.10 Å². The van der Waals surface area contributed by atoms with Crippen LogP contribution in [0.5, 0.6) is 0 Å². The normalized spacial score (nSPS) is 14.8. The standard InChI is InChI=1S/C11H12Cl3NO5S/c12-10(13)11(18)15-8(5-16)9(17)6-1-3-7(4-2-6)21(14,19)20/h1-4,8-10,16-17H,5H2,(H,15,18)/t8-,9+/m0/s1. The fraction of sp³-hybridized carbons (Fsp3) is 0.364. The molecule has 6 nitrogen and oxygen atoms in total. The highest BCUT2D eigenvalue weighted by molar-refractivity contribution is 8.13. The number of hydrogen-bond acceptors (Lipinski definition) is 5. The summed E-state index contributed by atoms with van der Waals surface area (Å²) >= 11 is 10.7. The van der Waals surface area contributed by atoms with Gasteiger partial charge in [0.25, 0.3) is 15.0 Å². The summed E-state index contributed by atoms with van der Waals surface area (Å²) in [6.45, 7) is -0.567. The predicted molar refractivity (Wildman–Crippen MR) is 79.0 cm³/mol. The van der Waals surface area contributed by atoms with E-state index in [-0.39, 0.29) is 10.5 Å². The fourth-order valence-corrected chi connectivity index (χ4v) is 2.43. The molecule has 0 aliphatic carbocycles. The Balaban J connectivity index is 2.90. The Kier molecular flexibility index (Phi) is 6.71. The molecule has 0 bridgehead atoms. The van der Waals surface area contributed by atoms with Gasteiger partial charge in [-0.05, 0) is 17.7 Å². The fourth-order valence-electron chi connectivity index (χ4n) is 1.53. The Bertz CT molecular complexity index is 590. The van der Waals surface area contributed by atoms with Gasteiger partial charge in [0.05, 0.1) is 17.5 Å². The van der Waals surface area contributed by atoms with Gasteiger partial charge in [-0.25, -0.2) is 8.42 Å². The highest BCUT2D eigenvalue weighted by atomic mass is 35.7. The maximum atomic E-state index is 11.3. The van der Waals surface area contributed by atoms with E-state index in [1.165, 1.54) is 24.3 Å². The van der Waals surface area contributed by atoms with E-state index in [4.69, 9.17) is 33.9 Å². The Morgan fingerprint density at radius 2 is 1.76 bits per heavy atom. The second-order valence-corrected chi connectivity index (χ2v) is 7.71. The van der Waals surface area contributed by atoms with Gasteiger partial charge in [-0.3, -0.25) is 4.79 Å². The highest BCUT2D eigenvalue weighted by Crippen LogP contribution is 2.21. The number of alkyl halides is 2. The smallest absolute Gasteiger partial charge is 0.261 e. The van der Waals surface area contributed by atoms with Gasteiger partial charge in [-0.2, -0.15) is 0 Å². The van der Waals surface area contributed by atoms with Crippen molar-refractivity contribution in [3.63, 3.8) is 0 Å². The van der Waals surface area contributed by atoms with Crippen LogP contribution in [0.2, 0.25) is 0 Å². The van der Waals surface area contributed by atoms with Gasteiger partial charge >= 0.3 is 0 Å². The number of nitrogens with one attached hydrogen (secondary N) is 1. The molecule has 21 heavy (non-hydrogen) atoms. The number of benzene rings is 1. The van der Waals surface area contributed by atoms with E-state index in [0.717, 1.165) is 0 Å². The lowest BCUT2D eigenvalue weighted by Crippen LogP contribution is -2.44. The second-order valence-electron chi connectivity index (χ2n) is 4.05. The zero-order valence-electron chi connectivity index (χ0n) is 10.4. The lowest BCUT2D eigenvalue weighted by molar-refractivity contribution is -0.121. The quantitative estimate of drug-likeness (QED) is 0.506. The Morgan fingerprint density at radius 3 is 2.14 bits per heavy atom. The van der Waals surface area contributed by atoms with Crippen molar-refractivity contribution in [2.24, 2.45) is 0 Å². The number of rotatable bonds is 6. The first-order valence-corrected chi connectivity index (χ1v) is 8.77. The first-order chi connectivity index (χ1) is 9.66. The summed E-state index contributed by atoms with van der Waals surface area (Å²) < 4.78 is 22.2. The number of carbonyl (C=O) groups is 1. The largest absolute Gasteiger partial charge is 0.394 e. The zero-order chi connectivity index (χ0) is 16.2. The Hall–Kier alpha value is -0.570.